The van der Waals surface area contributed by atoms with Crippen molar-refractivity contribution in [2.45, 2.75) is 18.9 Å². The van der Waals surface area contributed by atoms with E-state index in [1.807, 2.05) is 0 Å². The highest BCUT2D eigenvalue weighted by Crippen LogP contribution is 2.07. The zero-order chi connectivity index (χ0) is 12.0. The van der Waals surface area contributed by atoms with Gasteiger partial charge in [-0.15, -0.1) is 0 Å². The Kier molecular flexibility index (Phi) is 5.14. The van der Waals surface area contributed by atoms with Crippen molar-refractivity contribution in [3.8, 4) is 0 Å². The van der Waals surface area contributed by atoms with Crippen molar-refractivity contribution in [3.63, 3.8) is 0 Å². The van der Waals surface area contributed by atoms with Crippen LogP contribution in [0.2, 0.25) is 0 Å². The molecule has 1 aliphatic rings. The highest BCUT2D eigenvalue weighted by Gasteiger charge is 2.10. The van der Waals surface area contributed by atoms with Crippen molar-refractivity contribution in [2.24, 2.45) is 0 Å². The van der Waals surface area contributed by atoms with Crippen molar-refractivity contribution < 1.29 is 13.9 Å². The molecule has 1 aromatic carbocycles. The van der Waals surface area contributed by atoms with Gasteiger partial charge in [0.05, 0.1) is 6.61 Å². The number of halogens is 2. The van der Waals surface area contributed by atoms with Gasteiger partial charge >= 0.3 is 0 Å². The lowest BCUT2D eigenvalue weighted by Crippen LogP contribution is -2.24. The first-order valence-electron chi connectivity index (χ1n) is 5.17. The fourth-order valence-electron chi connectivity index (χ4n) is 1.49. The van der Waals surface area contributed by atoms with Crippen LogP contribution in [0, 0.1) is 11.6 Å². The van der Waals surface area contributed by atoms with E-state index in [1.165, 1.54) is 6.42 Å². The molecule has 2 rings (SSSR count). The summed E-state index contributed by atoms with van der Waals surface area (Å²) in [6.45, 7) is 1.39. The van der Waals surface area contributed by atoms with Gasteiger partial charge in [0, 0.05) is 17.8 Å². The van der Waals surface area contributed by atoms with Gasteiger partial charge in [-0.2, -0.15) is 0 Å². The number of hydrogen-bond donors (Lipinski definition) is 3. The van der Waals surface area contributed by atoms with Crippen molar-refractivity contribution in [2.75, 3.05) is 18.9 Å². The first-order valence-corrected chi connectivity index (χ1v) is 5.17. The van der Waals surface area contributed by atoms with Gasteiger partial charge in [-0.1, -0.05) is 0 Å². The predicted molar refractivity (Wildman–Crippen MR) is 58.9 cm³/mol. The highest BCUT2D eigenvalue weighted by molar-refractivity contribution is 5.37. The number of nitrogens with one attached hydrogen (secondary N) is 1. The Bertz CT molecular complexity index is 277. The van der Waals surface area contributed by atoms with Gasteiger partial charge in [-0.25, -0.2) is 8.78 Å². The number of aliphatic hydroxyl groups is 1. The molecule has 1 heterocycles. The fraction of sp³-hybridized carbons (Fsp3) is 0.455. The van der Waals surface area contributed by atoms with Crippen LogP contribution < -0.4 is 11.1 Å². The van der Waals surface area contributed by atoms with E-state index in [0.29, 0.717) is 12.6 Å². The molecule has 1 aliphatic heterocycles. The van der Waals surface area contributed by atoms with E-state index in [4.69, 9.17) is 10.8 Å². The Morgan fingerprint density at radius 3 is 2.25 bits per heavy atom. The molecule has 1 saturated heterocycles. The lowest BCUT2D eigenvalue weighted by atomic mass is 10.2. The maximum Gasteiger partial charge on any atom is 0.128 e. The molecule has 0 saturated carbocycles. The van der Waals surface area contributed by atoms with Gasteiger partial charge in [-0.05, 0) is 31.5 Å². The summed E-state index contributed by atoms with van der Waals surface area (Å²) < 4.78 is 24.2. The highest BCUT2D eigenvalue weighted by atomic mass is 19.1. The van der Waals surface area contributed by atoms with Gasteiger partial charge in [0.1, 0.15) is 11.6 Å². The second-order valence-corrected chi connectivity index (χ2v) is 3.68. The zero-order valence-corrected chi connectivity index (χ0v) is 8.92. The van der Waals surface area contributed by atoms with E-state index in [9.17, 15) is 8.78 Å². The molecular weight excluding hydrogens is 214 g/mol. The first-order chi connectivity index (χ1) is 7.61. The van der Waals surface area contributed by atoms with E-state index < -0.39 is 11.6 Å². The second-order valence-electron chi connectivity index (χ2n) is 3.68. The minimum Gasteiger partial charge on any atom is -0.399 e. The molecule has 0 aliphatic carbocycles. The molecule has 16 heavy (non-hydrogen) atoms. The summed E-state index contributed by atoms with van der Waals surface area (Å²) in [5.41, 5.74) is 5.18. The quantitative estimate of drug-likeness (QED) is 0.637. The average molecular weight is 230 g/mol. The SMILES string of the molecule is Nc1cc(F)cc(F)c1.OC[C@H]1CCCN1. The molecule has 0 amide bonds. The summed E-state index contributed by atoms with van der Waals surface area (Å²) in [7, 11) is 0. The lowest BCUT2D eigenvalue weighted by Gasteiger charge is -2.01. The second kappa shape index (κ2) is 6.40. The Balaban J connectivity index is 0.000000165. The molecule has 1 fully saturated rings. The Hall–Kier alpha value is -1.20. The van der Waals surface area contributed by atoms with Crippen molar-refractivity contribution in [3.05, 3.63) is 29.8 Å². The number of rotatable bonds is 1. The molecular formula is C11H16F2N2O. The molecule has 1 atom stereocenters. The van der Waals surface area contributed by atoms with Crippen LogP contribution >= 0.6 is 0 Å². The Morgan fingerprint density at radius 1 is 1.31 bits per heavy atom. The predicted octanol–water partition coefficient (Wildman–Crippen LogP) is 1.28. The smallest absolute Gasteiger partial charge is 0.128 e. The van der Waals surface area contributed by atoms with E-state index in [1.54, 1.807) is 0 Å². The molecule has 4 N–H and O–H groups in total. The van der Waals surface area contributed by atoms with E-state index in [0.717, 1.165) is 31.2 Å². The number of hydrogen-bond acceptors (Lipinski definition) is 3. The molecule has 5 heteroatoms. The fourth-order valence-corrected chi connectivity index (χ4v) is 1.49. The topological polar surface area (TPSA) is 58.3 Å². The summed E-state index contributed by atoms with van der Waals surface area (Å²) in [6, 6.07) is 3.29. The molecule has 0 spiro atoms. The molecule has 90 valence electrons. The molecule has 0 radical (unpaired) electrons. The number of benzene rings is 1. The van der Waals surface area contributed by atoms with Gasteiger partial charge in [0.25, 0.3) is 0 Å². The summed E-state index contributed by atoms with van der Waals surface area (Å²) in [4.78, 5) is 0. The summed E-state index contributed by atoms with van der Waals surface area (Å²) in [5.74, 6) is -1.29. The normalized spacial score (nSPS) is 19.1. The van der Waals surface area contributed by atoms with E-state index >= 15 is 0 Å². The van der Waals surface area contributed by atoms with Crippen LogP contribution in [-0.2, 0) is 0 Å². The van der Waals surface area contributed by atoms with Crippen LogP contribution in [0.25, 0.3) is 0 Å². The van der Waals surface area contributed by atoms with Crippen LogP contribution in [-0.4, -0.2) is 24.3 Å². The third kappa shape index (κ3) is 4.55. The summed E-state index contributed by atoms with van der Waals surface area (Å²) in [6.07, 6.45) is 2.38. The standard InChI is InChI=1S/C6H5F2N.C5H11NO/c7-4-1-5(8)3-6(9)2-4;7-4-5-2-1-3-6-5/h1-3H,9H2;5-7H,1-4H2/t;5-/m.1/s1. The van der Waals surface area contributed by atoms with Gasteiger partial charge in [0.2, 0.25) is 0 Å². The van der Waals surface area contributed by atoms with Crippen molar-refractivity contribution in [1.29, 1.82) is 0 Å². The van der Waals surface area contributed by atoms with Crippen LogP contribution in [0.15, 0.2) is 18.2 Å². The molecule has 0 unspecified atom stereocenters. The van der Waals surface area contributed by atoms with Crippen LogP contribution in [0.3, 0.4) is 0 Å². The van der Waals surface area contributed by atoms with Crippen molar-refractivity contribution >= 4 is 5.69 Å². The van der Waals surface area contributed by atoms with Gasteiger partial charge < -0.3 is 16.2 Å². The maximum atomic E-state index is 12.1. The monoisotopic (exact) mass is 230 g/mol. The Morgan fingerprint density at radius 2 is 1.94 bits per heavy atom. The zero-order valence-electron chi connectivity index (χ0n) is 8.92. The third-order valence-electron chi connectivity index (χ3n) is 2.27. The largest absolute Gasteiger partial charge is 0.399 e. The van der Waals surface area contributed by atoms with Crippen LogP contribution in [0.1, 0.15) is 12.8 Å². The third-order valence-corrected chi connectivity index (χ3v) is 2.27. The van der Waals surface area contributed by atoms with Crippen LogP contribution in [0.4, 0.5) is 14.5 Å². The van der Waals surface area contributed by atoms with E-state index in [-0.39, 0.29) is 5.69 Å². The van der Waals surface area contributed by atoms with Crippen molar-refractivity contribution in [1.82, 2.24) is 5.32 Å². The first kappa shape index (κ1) is 12.9. The summed E-state index contributed by atoms with van der Waals surface area (Å²) >= 11 is 0. The lowest BCUT2D eigenvalue weighted by molar-refractivity contribution is 0.255. The van der Waals surface area contributed by atoms with E-state index in [2.05, 4.69) is 5.32 Å². The molecule has 0 bridgehead atoms. The maximum absolute atomic E-state index is 12.1. The van der Waals surface area contributed by atoms with Gasteiger partial charge in [0.15, 0.2) is 0 Å². The Labute approximate surface area is 93.3 Å². The minimum atomic E-state index is -0.646. The number of aliphatic hydroxyl groups excluding tert-OH is 1. The molecule has 3 nitrogen and oxygen atoms in total. The number of anilines is 1. The number of nitrogen functional groups attached to an aromatic ring is 1. The van der Waals surface area contributed by atoms with Gasteiger partial charge in [-0.3, -0.25) is 0 Å². The van der Waals surface area contributed by atoms with Crippen LogP contribution in [0.5, 0.6) is 0 Å². The average Bonchev–Trinajstić information content (AvgIpc) is 2.68. The number of nitrogens with two attached hydrogens (primary N) is 1. The minimum absolute atomic E-state index is 0.104. The molecule has 1 aromatic rings. The molecule has 0 aromatic heterocycles. The summed E-state index contributed by atoms with van der Waals surface area (Å²) in [5, 5.41) is 11.7.